The number of nitrogens with one attached hydrogen (secondary N) is 1. The molecule has 2 nitrogen and oxygen atoms in total. The van der Waals surface area contributed by atoms with Gasteiger partial charge in [0.15, 0.2) is 0 Å². The van der Waals surface area contributed by atoms with Gasteiger partial charge in [0.2, 0.25) is 0 Å². The van der Waals surface area contributed by atoms with Crippen LogP contribution in [-0.4, -0.2) is 5.84 Å². The van der Waals surface area contributed by atoms with Gasteiger partial charge in [0.05, 0.1) is 0 Å². The molecule has 1 aromatic carbocycles. The highest BCUT2D eigenvalue weighted by atomic mass is 35.5. The molecule has 1 aromatic rings. The Morgan fingerprint density at radius 1 is 1.27 bits per heavy atom. The van der Waals surface area contributed by atoms with Crippen LogP contribution in [0.3, 0.4) is 0 Å². The second-order valence-corrected chi connectivity index (χ2v) is 2.28. The highest BCUT2D eigenvalue weighted by Gasteiger charge is 1.92. The zero-order valence-corrected chi connectivity index (χ0v) is 7.11. The molecular formula is C8H11ClN2. The van der Waals surface area contributed by atoms with Crippen LogP contribution in [-0.2, 0) is 0 Å². The van der Waals surface area contributed by atoms with Crippen molar-refractivity contribution in [3.63, 3.8) is 0 Å². The molecule has 0 saturated heterocycles. The number of aryl methyl sites for hydroxylation is 1. The third-order valence-corrected chi connectivity index (χ3v) is 1.36. The number of nitrogens with two attached hydrogens (primary N) is 1. The summed E-state index contributed by atoms with van der Waals surface area (Å²) in [7, 11) is 0. The summed E-state index contributed by atoms with van der Waals surface area (Å²) >= 11 is 0. The van der Waals surface area contributed by atoms with E-state index in [9.17, 15) is 0 Å². The summed E-state index contributed by atoms with van der Waals surface area (Å²) in [6.07, 6.45) is 0. The van der Waals surface area contributed by atoms with Crippen LogP contribution in [0, 0.1) is 12.3 Å². The Bertz CT molecular complexity index is 241. The van der Waals surface area contributed by atoms with Gasteiger partial charge in [-0.3, -0.25) is 5.41 Å². The largest absolute Gasteiger partial charge is 0.384 e. The van der Waals surface area contributed by atoms with Gasteiger partial charge in [-0.15, -0.1) is 12.4 Å². The van der Waals surface area contributed by atoms with Crippen LogP contribution in [0.25, 0.3) is 0 Å². The number of hydrogen-bond donors (Lipinski definition) is 2. The molecule has 0 amide bonds. The van der Waals surface area contributed by atoms with Crippen LogP contribution in [0.1, 0.15) is 11.1 Å². The lowest BCUT2D eigenvalue weighted by Gasteiger charge is -1.96. The molecule has 0 aromatic heterocycles. The highest BCUT2D eigenvalue weighted by molar-refractivity contribution is 5.94. The van der Waals surface area contributed by atoms with E-state index in [1.165, 1.54) is 5.56 Å². The molecular weight excluding hydrogens is 160 g/mol. The van der Waals surface area contributed by atoms with Gasteiger partial charge in [0, 0.05) is 5.56 Å². The van der Waals surface area contributed by atoms with Gasteiger partial charge in [-0.05, 0) is 6.92 Å². The van der Waals surface area contributed by atoms with E-state index in [1.54, 1.807) is 0 Å². The van der Waals surface area contributed by atoms with Gasteiger partial charge in [-0.25, -0.2) is 0 Å². The molecule has 0 atom stereocenters. The quantitative estimate of drug-likeness (QED) is 0.489. The first-order valence-electron chi connectivity index (χ1n) is 3.11. The van der Waals surface area contributed by atoms with E-state index < -0.39 is 0 Å². The Morgan fingerprint density at radius 3 is 2.09 bits per heavy atom. The van der Waals surface area contributed by atoms with Gasteiger partial charge in [0.25, 0.3) is 0 Å². The first-order chi connectivity index (χ1) is 4.70. The van der Waals surface area contributed by atoms with Gasteiger partial charge < -0.3 is 5.73 Å². The molecule has 0 heterocycles. The van der Waals surface area contributed by atoms with Gasteiger partial charge in [-0.1, -0.05) is 29.8 Å². The van der Waals surface area contributed by atoms with Crippen LogP contribution < -0.4 is 5.73 Å². The van der Waals surface area contributed by atoms with Gasteiger partial charge >= 0.3 is 0 Å². The summed E-state index contributed by atoms with van der Waals surface area (Å²) in [5, 5.41) is 7.08. The average Bonchev–Trinajstić information content (AvgIpc) is 1.88. The third-order valence-electron chi connectivity index (χ3n) is 1.36. The van der Waals surface area contributed by atoms with E-state index in [0.29, 0.717) is 0 Å². The second-order valence-electron chi connectivity index (χ2n) is 2.28. The maximum absolute atomic E-state index is 7.08. The van der Waals surface area contributed by atoms with Crippen molar-refractivity contribution < 1.29 is 0 Å². The summed E-state index contributed by atoms with van der Waals surface area (Å²) in [5.41, 5.74) is 7.22. The van der Waals surface area contributed by atoms with E-state index in [0.717, 1.165) is 5.56 Å². The Hall–Kier alpha value is -1.02. The van der Waals surface area contributed by atoms with Crippen LogP contribution >= 0.6 is 12.4 Å². The summed E-state index contributed by atoms with van der Waals surface area (Å²) in [5.74, 6) is 0.125. The fourth-order valence-electron chi connectivity index (χ4n) is 0.733. The van der Waals surface area contributed by atoms with Crippen LogP contribution in [0.2, 0.25) is 0 Å². The van der Waals surface area contributed by atoms with Crippen molar-refractivity contribution in [3.8, 4) is 0 Å². The third kappa shape index (κ3) is 2.60. The molecule has 0 saturated carbocycles. The number of hydrogen-bond acceptors (Lipinski definition) is 1. The number of benzene rings is 1. The second kappa shape index (κ2) is 3.98. The number of nitrogen functional groups attached to an aromatic ring is 1. The van der Waals surface area contributed by atoms with Crippen LogP contribution in [0.4, 0.5) is 0 Å². The van der Waals surface area contributed by atoms with Crippen molar-refractivity contribution in [2.24, 2.45) is 5.73 Å². The van der Waals surface area contributed by atoms with E-state index in [2.05, 4.69) is 0 Å². The molecule has 0 fully saturated rings. The van der Waals surface area contributed by atoms with E-state index in [-0.39, 0.29) is 18.2 Å². The van der Waals surface area contributed by atoms with Crippen molar-refractivity contribution in [2.75, 3.05) is 0 Å². The van der Waals surface area contributed by atoms with Gasteiger partial charge in [0.1, 0.15) is 5.84 Å². The minimum absolute atomic E-state index is 0. The number of halogens is 1. The molecule has 0 bridgehead atoms. The monoisotopic (exact) mass is 170 g/mol. The zero-order chi connectivity index (χ0) is 7.56. The molecule has 11 heavy (non-hydrogen) atoms. The molecule has 0 aliphatic rings. The Morgan fingerprint density at radius 2 is 1.73 bits per heavy atom. The fraction of sp³-hybridized carbons (Fsp3) is 0.125. The lowest BCUT2D eigenvalue weighted by molar-refractivity contribution is 1.40. The SMILES string of the molecule is Cc1ccc(C(=N)N)cc1.Cl. The first kappa shape index (κ1) is 9.98. The molecule has 0 spiro atoms. The van der Waals surface area contributed by atoms with Crippen LogP contribution in [0.15, 0.2) is 24.3 Å². The maximum Gasteiger partial charge on any atom is 0.122 e. The predicted molar refractivity (Wildman–Crippen MR) is 49.4 cm³/mol. The molecule has 60 valence electrons. The van der Waals surface area contributed by atoms with Crippen molar-refractivity contribution >= 4 is 18.2 Å². The minimum Gasteiger partial charge on any atom is -0.384 e. The predicted octanol–water partition coefficient (Wildman–Crippen LogP) is 1.70. The lowest BCUT2D eigenvalue weighted by Crippen LogP contribution is -2.10. The number of amidine groups is 1. The molecule has 0 radical (unpaired) electrons. The topological polar surface area (TPSA) is 49.9 Å². The Balaban J connectivity index is 0.000001000. The summed E-state index contributed by atoms with van der Waals surface area (Å²) in [4.78, 5) is 0. The molecule has 1 rings (SSSR count). The molecule has 0 aliphatic carbocycles. The lowest BCUT2D eigenvalue weighted by atomic mass is 10.1. The van der Waals surface area contributed by atoms with E-state index in [4.69, 9.17) is 11.1 Å². The molecule has 3 heteroatoms. The Labute approximate surface area is 72.3 Å². The van der Waals surface area contributed by atoms with E-state index >= 15 is 0 Å². The van der Waals surface area contributed by atoms with Crippen LogP contribution in [0.5, 0.6) is 0 Å². The highest BCUT2D eigenvalue weighted by Crippen LogP contribution is 2.00. The summed E-state index contributed by atoms with van der Waals surface area (Å²) < 4.78 is 0. The van der Waals surface area contributed by atoms with Crippen molar-refractivity contribution in [3.05, 3.63) is 35.4 Å². The minimum atomic E-state index is 0. The van der Waals surface area contributed by atoms with Crippen molar-refractivity contribution in [1.82, 2.24) is 0 Å². The number of rotatable bonds is 1. The standard InChI is InChI=1S/C8H10N2.ClH/c1-6-2-4-7(5-3-6)8(9)10;/h2-5H,1H3,(H3,9,10);1H. The summed E-state index contributed by atoms with van der Waals surface area (Å²) in [6, 6.07) is 7.57. The molecule has 0 aliphatic heterocycles. The van der Waals surface area contributed by atoms with Crippen molar-refractivity contribution in [2.45, 2.75) is 6.92 Å². The molecule has 0 unspecified atom stereocenters. The van der Waals surface area contributed by atoms with Gasteiger partial charge in [-0.2, -0.15) is 0 Å². The molecule has 3 N–H and O–H groups in total. The smallest absolute Gasteiger partial charge is 0.122 e. The van der Waals surface area contributed by atoms with E-state index in [1.807, 2.05) is 31.2 Å². The Kier molecular flexibility index (Phi) is 3.61. The average molecular weight is 171 g/mol. The van der Waals surface area contributed by atoms with Crippen molar-refractivity contribution in [1.29, 1.82) is 5.41 Å². The first-order valence-corrected chi connectivity index (χ1v) is 3.11. The summed E-state index contributed by atoms with van der Waals surface area (Å²) in [6.45, 7) is 2.00. The zero-order valence-electron chi connectivity index (χ0n) is 6.29. The normalized spacial score (nSPS) is 8.45. The fourth-order valence-corrected chi connectivity index (χ4v) is 0.733. The maximum atomic E-state index is 7.08.